The first kappa shape index (κ1) is 19.9. The molecule has 3 N–H and O–H groups in total. The summed E-state index contributed by atoms with van der Waals surface area (Å²) in [4.78, 5) is 24.2. The van der Waals surface area contributed by atoms with E-state index in [1.807, 2.05) is 0 Å². The lowest BCUT2D eigenvalue weighted by atomic mass is 9.92. The van der Waals surface area contributed by atoms with Gasteiger partial charge in [-0.1, -0.05) is 0 Å². The van der Waals surface area contributed by atoms with Gasteiger partial charge in [-0.3, -0.25) is 14.8 Å². The number of alkyl halides is 1. The Kier molecular flexibility index (Phi) is 4.58. The van der Waals surface area contributed by atoms with Crippen LogP contribution in [0.4, 0.5) is 21.8 Å². The second-order valence-corrected chi connectivity index (χ2v) is 9.10. The van der Waals surface area contributed by atoms with Crippen LogP contribution >= 0.6 is 0 Å². The zero-order valence-corrected chi connectivity index (χ0v) is 17.5. The maximum atomic E-state index is 13.9. The van der Waals surface area contributed by atoms with Gasteiger partial charge in [0.25, 0.3) is 5.88 Å². The normalized spacial score (nSPS) is 30.6. The molecule has 2 aromatic rings. The number of carbonyl (C=O) groups excluding carboxylic acids is 1. The first-order valence-corrected chi connectivity index (χ1v) is 11.1. The smallest absolute Gasteiger partial charge is 0.257 e. The fraction of sp³-hybridized carbons (Fsp3) is 0.619. The number of fused-ring (bicyclic) bond motifs is 2. The predicted molar refractivity (Wildman–Crippen MR) is 111 cm³/mol. The van der Waals surface area contributed by atoms with Crippen molar-refractivity contribution in [3.05, 3.63) is 18.0 Å². The van der Waals surface area contributed by atoms with Gasteiger partial charge in [-0.2, -0.15) is 4.98 Å². The van der Waals surface area contributed by atoms with Crippen molar-refractivity contribution in [2.45, 2.75) is 68.4 Å². The summed E-state index contributed by atoms with van der Waals surface area (Å²) >= 11 is 0. The van der Waals surface area contributed by atoms with Crippen LogP contribution in [0.2, 0.25) is 0 Å². The van der Waals surface area contributed by atoms with Gasteiger partial charge in [-0.15, -0.1) is 5.10 Å². The quantitative estimate of drug-likeness (QED) is 0.637. The molecule has 6 rings (SSSR count). The topological polar surface area (TPSA) is 125 Å². The van der Waals surface area contributed by atoms with E-state index in [-0.39, 0.29) is 31.0 Å². The lowest BCUT2D eigenvalue weighted by Gasteiger charge is -2.33. The Bertz CT molecular complexity index is 1040. The molecule has 4 heterocycles. The molecule has 11 heteroatoms. The molecule has 2 aliphatic carbocycles. The predicted octanol–water partition coefficient (Wildman–Crippen LogP) is 1.74. The number of carbonyl (C=O) groups is 1. The van der Waals surface area contributed by atoms with Crippen LogP contribution in [-0.2, 0) is 14.9 Å². The van der Waals surface area contributed by atoms with Crippen LogP contribution in [0, 0.1) is 0 Å². The SMILES string of the molecule is O=C1N([C@@H]2CCC[C@@H](O)C2)c2nc(Nc3c[nH]nc3O[C@@H]3COC[C@@H]3F)ncc2C12CC2. The number of aliphatic hydroxyl groups is 1. The third kappa shape index (κ3) is 3.14. The highest BCUT2D eigenvalue weighted by Crippen LogP contribution is 2.57. The van der Waals surface area contributed by atoms with Gasteiger partial charge in [0.2, 0.25) is 11.9 Å². The highest BCUT2D eigenvalue weighted by Gasteiger charge is 2.61. The fourth-order valence-electron chi connectivity index (χ4n) is 5.05. The monoisotopic (exact) mass is 444 g/mol. The molecule has 10 nitrogen and oxygen atoms in total. The van der Waals surface area contributed by atoms with Crippen LogP contribution < -0.4 is 15.0 Å². The van der Waals surface area contributed by atoms with E-state index in [1.165, 1.54) is 0 Å². The molecule has 1 saturated heterocycles. The molecule has 32 heavy (non-hydrogen) atoms. The fourth-order valence-corrected chi connectivity index (χ4v) is 5.05. The lowest BCUT2D eigenvalue weighted by molar-refractivity contribution is -0.121. The van der Waals surface area contributed by atoms with E-state index in [9.17, 15) is 14.3 Å². The third-order valence-corrected chi connectivity index (χ3v) is 6.95. The highest BCUT2D eigenvalue weighted by atomic mass is 19.1. The van der Waals surface area contributed by atoms with Crippen molar-refractivity contribution < 1.29 is 23.8 Å². The van der Waals surface area contributed by atoms with Crippen molar-refractivity contribution in [3.63, 3.8) is 0 Å². The van der Waals surface area contributed by atoms with Gasteiger partial charge in [0.05, 0.1) is 24.7 Å². The Hall–Kier alpha value is -2.79. The number of aromatic amines is 1. The Labute approximate surface area is 183 Å². The maximum Gasteiger partial charge on any atom is 0.257 e. The minimum absolute atomic E-state index is 0.00720. The first-order chi connectivity index (χ1) is 15.5. The van der Waals surface area contributed by atoms with Gasteiger partial charge in [0, 0.05) is 24.0 Å². The number of aliphatic hydroxyl groups excluding tert-OH is 1. The molecule has 170 valence electrons. The van der Waals surface area contributed by atoms with E-state index in [2.05, 4.69) is 25.5 Å². The summed E-state index contributed by atoms with van der Waals surface area (Å²) in [5.41, 5.74) is 0.827. The number of halogens is 1. The number of ether oxygens (including phenoxy) is 2. The largest absolute Gasteiger partial charge is 0.466 e. The number of nitrogens with one attached hydrogen (secondary N) is 2. The molecule has 2 saturated carbocycles. The number of nitrogens with zero attached hydrogens (tertiary/aromatic N) is 4. The molecule has 0 radical (unpaired) electrons. The van der Waals surface area contributed by atoms with Crippen LogP contribution in [0.3, 0.4) is 0 Å². The van der Waals surface area contributed by atoms with E-state index in [0.29, 0.717) is 23.9 Å². The Balaban J connectivity index is 1.28. The van der Waals surface area contributed by atoms with Gasteiger partial charge < -0.3 is 19.9 Å². The van der Waals surface area contributed by atoms with E-state index in [4.69, 9.17) is 9.47 Å². The Morgan fingerprint density at radius 3 is 2.97 bits per heavy atom. The molecular weight excluding hydrogens is 419 g/mol. The molecule has 1 amide bonds. The van der Waals surface area contributed by atoms with Crippen molar-refractivity contribution in [1.29, 1.82) is 0 Å². The molecule has 4 atom stereocenters. The molecule has 0 bridgehead atoms. The van der Waals surface area contributed by atoms with E-state index >= 15 is 0 Å². The van der Waals surface area contributed by atoms with E-state index < -0.39 is 23.8 Å². The number of H-pyrrole nitrogens is 1. The van der Waals surface area contributed by atoms with Gasteiger partial charge in [-0.25, -0.2) is 9.37 Å². The van der Waals surface area contributed by atoms with Crippen LogP contribution in [0.25, 0.3) is 0 Å². The second kappa shape index (κ2) is 7.38. The van der Waals surface area contributed by atoms with Crippen molar-refractivity contribution in [2.75, 3.05) is 23.4 Å². The van der Waals surface area contributed by atoms with Gasteiger partial charge >= 0.3 is 0 Å². The third-order valence-electron chi connectivity index (χ3n) is 6.95. The summed E-state index contributed by atoms with van der Waals surface area (Å²) in [5.74, 6) is 1.18. The maximum absolute atomic E-state index is 13.9. The molecule has 4 aliphatic rings. The molecule has 2 aromatic heterocycles. The summed E-state index contributed by atoms with van der Waals surface area (Å²) in [6.07, 6.45) is 5.62. The van der Waals surface area contributed by atoms with Crippen LogP contribution in [0.1, 0.15) is 44.1 Å². The first-order valence-electron chi connectivity index (χ1n) is 11.1. The number of aromatic nitrogens is 4. The minimum Gasteiger partial charge on any atom is -0.466 e. The number of anilines is 3. The van der Waals surface area contributed by atoms with Gasteiger partial charge in [0.15, 0.2) is 12.3 Å². The molecule has 2 aliphatic heterocycles. The number of amides is 1. The van der Waals surface area contributed by atoms with Crippen LogP contribution in [0.5, 0.6) is 5.88 Å². The summed E-state index contributed by atoms with van der Waals surface area (Å²) in [6, 6.07) is -0.0654. The molecule has 3 fully saturated rings. The Morgan fingerprint density at radius 2 is 2.22 bits per heavy atom. The van der Waals surface area contributed by atoms with Gasteiger partial charge in [0.1, 0.15) is 11.5 Å². The average molecular weight is 444 g/mol. The van der Waals surface area contributed by atoms with Crippen molar-refractivity contribution in [1.82, 2.24) is 20.2 Å². The highest BCUT2D eigenvalue weighted by molar-refractivity contribution is 6.09. The van der Waals surface area contributed by atoms with Crippen molar-refractivity contribution >= 4 is 23.4 Å². The number of hydrogen-bond acceptors (Lipinski definition) is 8. The number of hydrogen-bond donors (Lipinski definition) is 3. The molecule has 0 unspecified atom stereocenters. The molecule has 1 spiro atoms. The van der Waals surface area contributed by atoms with Crippen molar-refractivity contribution in [2.24, 2.45) is 0 Å². The molecule has 0 aromatic carbocycles. The zero-order valence-electron chi connectivity index (χ0n) is 17.5. The standard InChI is InChI=1S/C21H25FN6O4/c22-14-9-31-10-16(14)32-18-15(8-24-27-18)25-20-23-7-13-17(26-20)28(19(30)21(13)4-5-21)11-2-1-3-12(29)6-11/h7-8,11-12,14,16,29H,1-6,9-10H2,(H,24,27)(H,23,25,26)/t11-,12-,14+,16-/m1/s1. The average Bonchev–Trinajstić information content (AvgIpc) is 3.22. The second-order valence-electron chi connectivity index (χ2n) is 9.10. The number of rotatable bonds is 5. The zero-order chi connectivity index (χ0) is 21.9. The summed E-state index contributed by atoms with van der Waals surface area (Å²) < 4.78 is 24.6. The van der Waals surface area contributed by atoms with E-state index in [1.54, 1.807) is 17.3 Å². The van der Waals surface area contributed by atoms with Crippen molar-refractivity contribution in [3.8, 4) is 5.88 Å². The summed E-state index contributed by atoms with van der Waals surface area (Å²) in [5, 5.41) is 20.0. The molecular formula is C21H25FN6O4. The van der Waals surface area contributed by atoms with Crippen LogP contribution in [-0.4, -0.2) is 68.8 Å². The Morgan fingerprint density at radius 1 is 1.34 bits per heavy atom. The minimum atomic E-state index is -1.21. The summed E-state index contributed by atoms with van der Waals surface area (Å²) in [6.45, 7) is 0.169. The van der Waals surface area contributed by atoms with E-state index in [0.717, 1.165) is 37.7 Å². The van der Waals surface area contributed by atoms with Gasteiger partial charge in [-0.05, 0) is 38.5 Å². The lowest BCUT2D eigenvalue weighted by Crippen LogP contribution is -2.44. The van der Waals surface area contributed by atoms with Crippen LogP contribution in [0.15, 0.2) is 12.4 Å². The summed E-state index contributed by atoms with van der Waals surface area (Å²) in [7, 11) is 0.